The van der Waals surface area contributed by atoms with Crippen molar-refractivity contribution in [2.75, 3.05) is 0 Å². The van der Waals surface area contributed by atoms with Gasteiger partial charge < -0.3 is 28.4 Å². The van der Waals surface area contributed by atoms with Gasteiger partial charge in [0.15, 0.2) is 0 Å². The van der Waals surface area contributed by atoms with Crippen molar-refractivity contribution < 1.29 is 57.2 Å². The lowest BCUT2D eigenvalue weighted by molar-refractivity contribution is 0.0933. The third kappa shape index (κ3) is 21.4. The highest BCUT2D eigenvalue weighted by atomic mass is 16.5. The predicted molar refractivity (Wildman–Crippen MR) is 392 cm³/mol. The second-order valence-electron chi connectivity index (χ2n) is 22.4. The summed E-state index contributed by atoms with van der Waals surface area (Å²) in [5.74, 6) is 37.0. The van der Waals surface area contributed by atoms with Crippen molar-refractivity contribution in [3.8, 4) is 57.5 Å². The Balaban J connectivity index is 0.000000182. The molecule has 0 fully saturated rings. The van der Waals surface area contributed by atoms with Crippen LogP contribution in [0.25, 0.3) is 11.1 Å². The number of hydrogen-bond acceptors (Lipinski definition) is 18. The van der Waals surface area contributed by atoms with Gasteiger partial charge in [0.25, 0.3) is 35.4 Å². The zero-order valence-corrected chi connectivity index (χ0v) is 56.0. The van der Waals surface area contributed by atoms with E-state index in [1.54, 1.807) is 72.8 Å². The summed E-state index contributed by atoms with van der Waals surface area (Å²) in [6, 6.07) is 80.4. The van der Waals surface area contributed by atoms with Crippen molar-refractivity contribution >= 4 is 35.4 Å². The number of amides is 6. The Morgan fingerprint density at radius 3 is 0.644 bits per heavy atom. The zero-order chi connectivity index (χ0) is 73.4. The molecule has 11 aromatic rings. The smallest absolute Gasteiger partial charge is 0.269 e. The molecule has 11 rings (SSSR count). The lowest BCUT2D eigenvalue weighted by Crippen LogP contribution is -2.32. The average Bonchev–Trinajstić information content (AvgIpc) is 0.828. The van der Waals surface area contributed by atoms with E-state index in [0.29, 0.717) is 56.4 Å². The molecule has 0 aliphatic heterocycles. The van der Waals surface area contributed by atoms with E-state index in [2.05, 4.69) is 44.4 Å². The largest absolute Gasteiger partial charge is 0.488 e. The number of rotatable bonds is 25. The van der Waals surface area contributed by atoms with Crippen LogP contribution in [0.4, 0.5) is 0 Å². The molecule has 11 aromatic carbocycles. The van der Waals surface area contributed by atoms with Gasteiger partial charge in [-0.2, -0.15) is 0 Å². The number of hydrogen-bond donors (Lipinski definition) is 12. The van der Waals surface area contributed by atoms with Gasteiger partial charge in [0.2, 0.25) is 0 Å². The summed E-state index contributed by atoms with van der Waals surface area (Å²) in [6.45, 7) is 1.48. The van der Waals surface area contributed by atoms with Crippen LogP contribution in [-0.4, -0.2) is 35.4 Å². The van der Waals surface area contributed by atoms with Crippen molar-refractivity contribution in [1.29, 1.82) is 0 Å². The minimum absolute atomic E-state index is 0.130. The summed E-state index contributed by atoms with van der Waals surface area (Å²) in [4.78, 5) is 73.8. The molecule has 104 heavy (non-hydrogen) atoms. The van der Waals surface area contributed by atoms with Gasteiger partial charge in [-0.3, -0.25) is 61.3 Å². The molecule has 0 aliphatic rings. The predicted octanol–water partition coefficient (Wildman–Crippen LogP) is 9.22. The summed E-state index contributed by atoms with van der Waals surface area (Å²) < 4.78 is 35.5. The van der Waals surface area contributed by atoms with Gasteiger partial charge in [0.05, 0.1) is 33.4 Å². The van der Waals surface area contributed by atoms with Crippen molar-refractivity contribution in [1.82, 2.24) is 32.6 Å². The first kappa shape index (κ1) is 74.6. The van der Waals surface area contributed by atoms with E-state index in [1.165, 1.54) is 12.1 Å². The van der Waals surface area contributed by atoms with Gasteiger partial charge in [-0.1, -0.05) is 206 Å². The first-order chi connectivity index (χ1) is 50.8. The van der Waals surface area contributed by atoms with Gasteiger partial charge in [-0.05, 0) is 117 Å². The van der Waals surface area contributed by atoms with Crippen LogP contribution in [0.3, 0.4) is 0 Å². The summed E-state index contributed by atoms with van der Waals surface area (Å²) in [5, 5.41) is 0. The minimum Gasteiger partial charge on any atom is -0.488 e. The Morgan fingerprint density at radius 2 is 0.423 bits per heavy atom. The molecule has 0 radical (unpaired) electrons. The van der Waals surface area contributed by atoms with Crippen molar-refractivity contribution in [3.63, 3.8) is 0 Å². The molecule has 0 heterocycles. The highest BCUT2D eigenvalue weighted by Crippen LogP contribution is 2.34. The number of hydrazine groups is 6. The molecule has 18 N–H and O–H groups in total. The van der Waals surface area contributed by atoms with Crippen LogP contribution in [0.2, 0.25) is 0 Å². The number of nitrogens with two attached hydrogens (primary N) is 6. The van der Waals surface area contributed by atoms with Crippen LogP contribution in [-0.2, 0) is 39.6 Å². The Labute approximate surface area is 599 Å². The summed E-state index contributed by atoms with van der Waals surface area (Å²) in [6.07, 6.45) is 0. The van der Waals surface area contributed by atoms with Crippen molar-refractivity contribution in [2.45, 2.75) is 39.6 Å². The molecular formula is C80H74N12O12. The maximum atomic E-state index is 12.3. The maximum absolute atomic E-state index is 12.3. The first-order valence-corrected chi connectivity index (χ1v) is 32.1. The van der Waals surface area contributed by atoms with E-state index >= 15 is 0 Å². The Bertz CT molecular complexity index is 4490. The first-order valence-electron chi connectivity index (χ1n) is 32.1. The maximum Gasteiger partial charge on any atom is 0.269 e. The number of nitrogen functional groups attached to an aromatic ring is 6. The number of carbonyl (C=O) groups is 6. The van der Waals surface area contributed by atoms with E-state index in [1.807, 2.05) is 182 Å². The number of carbonyl (C=O) groups excluding carboxylic acids is 6. The van der Waals surface area contributed by atoms with E-state index in [-0.39, 0.29) is 62.3 Å². The molecule has 24 nitrogen and oxygen atoms in total. The Kier molecular flexibility index (Phi) is 27.7. The quantitative estimate of drug-likeness (QED) is 0.0110. The van der Waals surface area contributed by atoms with Crippen LogP contribution < -0.4 is 96.0 Å². The normalized spacial score (nSPS) is 10.2. The lowest BCUT2D eigenvalue weighted by atomic mass is 10.0. The van der Waals surface area contributed by atoms with E-state index in [4.69, 9.17) is 63.5 Å². The Hall–Kier alpha value is -13.6. The Morgan fingerprint density at radius 1 is 0.231 bits per heavy atom. The van der Waals surface area contributed by atoms with Crippen LogP contribution in [0, 0.1) is 11.8 Å². The van der Waals surface area contributed by atoms with Gasteiger partial charge in [-0.15, -0.1) is 0 Å². The third-order valence-corrected chi connectivity index (χ3v) is 15.4. The third-order valence-electron chi connectivity index (χ3n) is 15.4. The number of benzene rings is 11. The monoisotopic (exact) mass is 1390 g/mol. The minimum atomic E-state index is -0.581. The molecule has 0 unspecified atom stereocenters. The molecule has 0 spiro atoms. The molecule has 0 saturated heterocycles. The molecule has 0 aromatic heterocycles. The SMILES string of the molecule is NNC(=O)c1cc(OCc2ccccc2)c(C(=O)NN)cc1OCc1ccccc1.NNC(=O)c1ccc(-c2ccc(C(=O)NN)c(OCc3ccccc3)c2)cc1OCc1ccccc1.NNC(=O)c1ccc(C#Cc2ccc(C(=O)NN)c(OCc3ccccc3)c2)cc1OCc1ccccc1. The van der Waals surface area contributed by atoms with Gasteiger partial charge >= 0.3 is 0 Å². The average molecular weight is 1400 g/mol. The topological polar surface area (TPSA) is 386 Å². The van der Waals surface area contributed by atoms with Crippen LogP contribution in [0.5, 0.6) is 34.5 Å². The van der Waals surface area contributed by atoms with Crippen LogP contribution in [0.1, 0.15) is 107 Å². The molecular weight excluding hydrogens is 1320 g/mol. The highest BCUT2D eigenvalue weighted by Gasteiger charge is 2.23. The van der Waals surface area contributed by atoms with Gasteiger partial charge in [-0.25, -0.2) is 35.1 Å². The fourth-order valence-electron chi connectivity index (χ4n) is 10.0. The van der Waals surface area contributed by atoms with Crippen LogP contribution in [0.15, 0.2) is 267 Å². The van der Waals surface area contributed by atoms with Crippen molar-refractivity contribution in [3.05, 3.63) is 345 Å². The standard InChI is InChI=1S/C30H26N4O4.C28H26N4O4.C22H22N4O4/c31-33-29(35)25-15-13-21(17-27(25)37-19-23-7-3-1-4-8-23)11-12-22-14-16-26(30(36)34-32)28(18-22)38-20-24-9-5-2-6-10-24;29-31-27(33)23-13-11-21(15-25(23)35-17-19-7-3-1-4-8-19)22-12-14-24(28(34)32-30)26(16-22)36-18-20-9-5-2-6-10-20;23-25-21(27)17-12-20(30-14-16-9-5-2-6-10-16)18(22(28)26-24)11-19(17)29-13-15-7-3-1-4-8-15/h1-10,13-18H,19-20,31-32H2,(H,33,35)(H,34,36);1-16H,17-18,29-30H2,(H,31,33)(H,32,34);1-12H,13-14,23-24H2,(H,25,27)(H,26,28). The molecule has 0 bridgehead atoms. The molecule has 6 amide bonds. The molecule has 0 aliphatic carbocycles. The summed E-state index contributed by atoms with van der Waals surface area (Å²) >= 11 is 0. The van der Waals surface area contributed by atoms with Crippen molar-refractivity contribution in [2.24, 2.45) is 35.1 Å². The molecule has 0 saturated carbocycles. The summed E-state index contributed by atoms with van der Waals surface area (Å²) in [5.41, 5.74) is 22.6. The second-order valence-corrected chi connectivity index (χ2v) is 22.4. The fourth-order valence-corrected chi connectivity index (χ4v) is 10.0. The van der Waals surface area contributed by atoms with E-state index in [9.17, 15) is 28.8 Å². The zero-order valence-electron chi connectivity index (χ0n) is 56.0. The van der Waals surface area contributed by atoms with E-state index in [0.717, 1.165) is 44.5 Å². The molecule has 24 heteroatoms. The summed E-state index contributed by atoms with van der Waals surface area (Å²) in [7, 11) is 0. The highest BCUT2D eigenvalue weighted by molar-refractivity contribution is 6.03. The second kappa shape index (κ2) is 38.6. The fraction of sp³-hybridized carbons (Fsp3) is 0.0750. The van der Waals surface area contributed by atoms with Crippen LogP contribution >= 0.6 is 0 Å². The number of nitrogens with one attached hydrogen (secondary N) is 6. The van der Waals surface area contributed by atoms with E-state index < -0.39 is 35.4 Å². The lowest BCUT2D eigenvalue weighted by Gasteiger charge is -2.16. The molecule has 526 valence electrons. The van der Waals surface area contributed by atoms with Gasteiger partial charge in [0, 0.05) is 11.1 Å². The molecule has 0 atom stereocenters. The van der Waals surface area contributed by atoms with Gasteiger partial charge in [0.1, 0.15) is 74.1 Å². The number of ether oxygens (including phenoxy) is 6.